The standard InChI is InChI=1S/C17H27NO2/c1-14(2)15-5-7-16(8-6-15)17-4-3-9-18(17)10-12-20-13-11-19/h5-8,14,17,19H,3-4,9-13H2,1-2H3. The molecule has 1 aliphatic heterocycles. The molecule has 1 fully saturated rings. The van der Waals surface area contributed by atoms with Gasteiger partial charge in [-0.05, 0) is 36.4 Å². The highest BCUT2D eigenvalue weighted by molar-refractivity contribution is 5.27. The Hall–Kier alpha value is -0.900. The molecular weight excluding hydrogens is 250 g/mol. The fraction of sp³-hybridized carbons (Fsp3) is 0.647. The lowest BCUT2D eigenvalue weighted by atomic mass is 9.98. The van der Waals surface area contributed by atoms with E-state index in [1.807, 2.05) is 0 Å². The minimum atomic E-state index is 0.111. The third-order valence-corrected chi connectivity index (χ3v) is 4.11. The number of rotatable bonds is 7. The second kappa shape index (κ2) is 7.77. The Kier molecular flexibility index (Phi) is 6.02. The summed E-state index contributed by atoms with van der Waals surface area (Å²) in [7, 11) is 0. The Morgan fingerprint density at radius 1 is 1.25 bits per heavy atom. The number of aliphatic hydroxyl groups is 1. The summed E-state index contributed by atoms with van der Waals surface area (Å²) >= 11 is 0. The molecule has 0 aliphatic carbocycles. The summed E-state index contributed by atoms with van der Waals surface area (Å²) in [6.45, 7) is 7.84. The topological polar surface area (TPSA) is 32.7 Å². The van der Waals surface area contributed by atoms with Gasteiger partial charge in [0.05, 0.1) is 19.8 Å². The number of hydrogen-bond acceptors (Lipinski definition) is 3. The van der Waals surface area contributed by atoms with Crippen LogP contribution in [0.3, 0.4) is 0 Å². The molecule has 1 unspecified atom stereocenters. The van der Waals surface area contributed by atoms with E-state index in [-0.39, 0.29) is 6.61 Å². The normalized spacial score (nSPS) is 19.9. The Labute approximate surface area is 122 Å². The molecule has 1 aromatic carbocycles. The average molecular weight is 277 g/mol. The van der Waals surface area contributed by atoms with Gasteiger partial charge < -0.3 is 9.84 Å². The molecule has 112 valence electrons. The Bertz CT molecular complexity index is 388. The molecular formula is C17H27NO2. The lowest BCUT2D eigenvalue weighted by molar-refractivity contribution is 0.0709. The Balaban J connectivity index is 1.92. The van der Waals surface area contributed by atoms with Gasteiger partial charge in [-0.25, -0.2) is 0 Å². The van der Waals surface area contributed by atoms with E-state index >= 15 is 0 Å². The first-order chi connectivity index (χ1) is 9.72. The molecule has 0 aromatic heterocycles. The zero-order valence-electron chi connectivity index (χ0n) is 12.7. The molecule has 2 rings (SSSR count). The van der Waals surface area contributed by atoms with Gasteiger partial charge in [-0.3, -0.25) is 4.90 Å². The Morgan fingerprint density at radius 2 is 2.00 bits per heavy atom. The van der Waals surface area contributed by atoms with Gasteiger partial charge in [-0.1, -0.05) is 38.1 Å². The summed E-state index contributed by atoms with van der Waals surface area (Å²) in [6.07, 6.45) is 2.50. The Morgan fingerprint density at radius 3 is 2.65 bits per heavy atom. The molecule has 0 saturated carbocycles. The van der Waals surface area contributed by atoms with Crippen molar-refractivity contribution >= 4 is 0 Å². The summed E-state index contributed by atoms with van der Waals surface area (Å²) in [4.78, 5) is 2.50. The number of nitrogens with zero attached hydrogens (tertiary/aromatic N) is 1. The summed E-state index contributed by atoms with van der Waals surface area (Å²) < 4.78 is 5.39. The van der Waals surface area contributed by atoms with Crippen LogP contribution in [0.2, 0.25) is 0 Å². The monoisotopic (exact) mass is 277 g/mol. The molecule has 0 spiro atoms. The fourth-order valence-electron chi connectivity index (χ4n) is 2.92. The predicted octanol–water partition coefficient (Wildman–Crippen LogP) is 2.96. The maximum Gasteiger partial charge on any atom is 0.0698 e. The molecule has 1 aromatic rings. The van der Waals surface area contributed by atoms with Crippen molar-refractivity contribution in [2.45, 2.75) is 38.6 Å². The van der Waals surface area contributed by atoms with Crippen LogP contribution in [-0.2, 0) is 4.74 Å². The number of aliphatic hydroxyl groups excluding tert-OH is 1. The van der Waals surface area contributed by atoms with Crippen LogP contribution < -0.4 is 0 Å². The van der Waals surface area contributed by atoms with Crippen molar-refractivity contribution < 1.29 is 9.84 Å². The van der Waals surface area contributed by atoms with Crippen molar-refractivity contribution in [1.82, 2.24) is 4.90 Å². The van der Waals surface area contributed by atoms with Crippen molar-refractivity contribution in [2.75, 3.05) is 32.9 Å². The summed E-state index contributed by atoms with van der Waals surface area (Å²) in [5.74, 6) is 0.593. The average Bonchev–Trinajstić information content (AvgIpc) is 2.92. The third-order valence-electron chi connectivity index (χ3n) is 4.11. The van der Waals surface area contributed by atoms with Crippen LogP contribution in [0.25, 0.3) is 0 Å². The van der Waals surface area contributed by atoms with Crippen LogP contribution in [-0.4, -0.2) is 42.9 Å². The SMILES string of the molecule is CC(C)c1ccc(C2CCCN2CCOCCO)cc1. The van der Waals surface area contributed by atoms with E-state index in [9.17, 15) is 0 Å². The van der Waals surface area contributed by atoms with E-state index in [2.05, 4.69) is 43.0 Å². The van der Waals surface area contributed by atoms with E-state index < -0.39 is 0 Å². The van der Waals surface area contributed by atoms with E-state index in [1.165, 1.54) is 24.0 Å². The lowest BCUT2D eigenvalue weighted by Gasteiger charge is -2.25. The second-order valence-electron chi connectivity index (χ2n) is 5.85. The minimum Gasteiger partial charge on any atom is -0.394 e. The van der Waals surface area contributed by atoms with Crippen LogP contribution in [0, 0.1) is 0 Å². The summed E-state index contributed by atoms with van der Waals surface area (Å²) in [5.41, 5.74) is 2.83. The molecule has 3 heteroatoms. The van der Waals surface area contributed by atoms with Crippen molar-refractivity contribution in [3.8, 4) is 0 Å². The molecule has 1 aliphatic rings. The van der Waals surface area contributed by atoms with Gasteiger partial charge in [0.1, 0.15) is 0 Å². The highest BCUT2D eigenvalue weighted by Crippen LogP contribution is 2.32. The molecule has 0 amide bonds. The minimum absolute atomic E-state index is 0.111. The molecule has 1 atom stereocenters. The number of hydrogen-bond donors (Lipinski definition) is 1. The molecule has 3 nitrogen and oxygen atoms in total. The van der Waals surface area contributed by atoms with Crippen LogP contribution in [0.5, 0.6) is 0 Å². The second-order valence-corrected chi connectivity index (χ2v) is 5.85. The largest absolute Gasteiger partial charge is 0.394 e. The maximum absolute atomic E-state index is 8.72. The smallest absolute Gasteiger partial charge is 0.0698 e. The predicted molar refractivity (Wildman–Crippen MR) is 82.0 cm³/mol. The van der Waals surface area contributed by atoms with Gasteiger partial charge in [0.2, 0.25) is 0 Å². The van der Waals surface area contributed by atoms with E-state index in [0.29, 0.717) is 25.2 Å². The van der Waals surface area contributed by atoms with Crippen LogP contribution in [0.1, 0.15) is 49.8 Å². The number of ether oxygens (including phenoxy) is 1. The van der Waals surface area contributed by atoms with E-state index in [0.717, 1.165) is 13.1 Å². The van der Waals surface area contributed by atoms with Crippen molar-refractivity contribution in [3.63, 3.8) is 0 Å². The van der Waals surface area contributed by atoms with E-state index in [1.54, 1.807) is 0 Å². The summed E-state index contributed by atoms with van der Waals surface area (Å²) in [6, 6.07) is 9.63. The van der Waals surface area contributed by atoms with Gasteiger partial charge in [0, 0.05) is 12.6 Å². The number of likely N-dealkylation sites (tertiary alicyclic amines) is 1. The molecule has 1 N–H and O–H groups in total. The van der Waals surface area contributed by atoms with Crippen molar-refractivity contribution in [3.05, 3.63) is 35.4 Å². The van der Waals surface area contributed by atoms with Crippen LogP contribution in [0.15, 0.2) is 24.3 Å². The van der Waals surface area contributed by atoms with Gasteiger partial charge in [-0.15, -0.1) is 0 Å². The first kappa shape index (κ1) is 15.5. The van der Waals surface area contributed by atoms with Crippen molar-refractivity contribution in [2.24, 2.45) is 0 Å². The van der Waals surface area contributed by atoms with Crippen molar-refractivity contribution in [1.29, 1.82) is 0 Å². The highest BCUT2D eigenvalue weighted by Gasteiger charge is 2.25. The molecule has 1 saturated heterocycles. The highest BCUT2D eigenvalue weighted by atomic mass is 16.5. The van der Waals surface area contributed by atoms with Gasteiger partial charge in [0.25, 0.3) is 0 Å². The van der Waals surface area contributed by atoms with Crippen LogP contribution >= 0.6 is 0 Å². The lowest BCUT2D eigenvalue weighted by Crippen LogP contribution is -2.27. The first-order valence-electron chi connectivity index (χ1n) is 7.75. The molecule has 20 heavy (non-hydrogen) atoms. The van der Waals surface area contributed by atoms with Gasteiger partial charge in [-0.2, -0.15) is 0 Å². The molecule has 1 heterocycles. The van der Waals surface area contributed by atoms with Gasteiger partial charge in [0.15, 0.2) is 0 Å². The first-order valence-corrected chi connectivity index (χ1v) is 7.75. The van der Waals surface area contributed by atoms with Gasteiger partial charge >= 0.3 is 0 Å². The summed E-state index contributed by atoms with van der Waals surface area (Å²) in [5, 5.41) is 8.72. The molecule has 0 radical (unpaired) electrons. The molecule has 0 bridgehead atoms. The quantitative estimate of drug-likeness (QED) is 0.778. The fourth-order valence-corrected chi connectivity index (χ4v) is 2.92. The number of benzene rings is 1. The third kappa shape index (κ3) is 4.05. The van der Waals surface area contributed by atoms with E-state index in [4.69, 9.17) is 9.84 Å². The zero-order chi connectivity index (χ0) is 14.4. The van der Waals surface area contributed by atoms with Crippen LogP contribution in [0.4, 0.5) is 0 Å². The maximum atomic E-state index is 8.72. The zero-order valence-corrected chi connectivity index (χ0v) is 12.7.